The van der Waals surface area contributed by atoms with E-state index in [1.54, 1.807) is 5.57 Å². The number of hydrogen-bond acceptors (Lipinski definition) is 2. The van der Waals surface area contributed by atoms with Gasteiger partial charge in [-0.05, 0) is 69.2 Å². The molecule has 1 spiro atoms. The number of nitrogens with one attached hydrogen (secondary N) is 1. The number of carbonyl (C=O) groups is 1. The van der Waals surface area contributed by atoms with Gasteiger partial charge in [0.05, 0.1) is 5.41 Å². The molecule has 24 heavy (non-hydrogen) atoms. The van der Waals surface area contributed by atoms with E-state index in [2.05, 4.69) is 40.6 Å². The van der Waals surface area contributed by atoms with Crippen molar-refractivity contribution in [1.29, 1.82) is 0 Å². The molecule has 3 aliphatic rings. The van der Waals surface area contributed by atoms with E-state index in [1.165, 1.54) is 36.8 Å². The van der Waals surface area contributed by atoms with Crippen LogP contribution in [0, 0.1) is 5.41 Å². The second-order valence-corrected chi connectivity index (χ2v) is 7.79. The van der Waals surface area contributed by atoms with Crippen LogP contribution >= 0.6 is 0 Å². The van der Waals surface area contributed by atoms with Crippen LogP contribution in [0.25, 0.3) is 0 Å². The Morgan fingerprint density at radius 1 is 1.08 bits per heavy atom. The molecule has 1 fully saturated rings. The fourth-order valence-corrected chi connectivity index (χ4v) is 4.59. The van der Waals surface area contributed by atoms with E-state index in [9.17, 15) is 4.79 Å². The van der Waals surface area contributed by atoms with Crippen molar-refractivity contribution in [1.82, 2.24) is 10.2 Å². The topological polar surface area (TPSA) is 32.3 Å². The Morgan fingerprint density at radius 2 is 1.88 bits per heavy atom. The molecule has 0 radical (unpaired) electrons. The van der Waals surface area contributed by atoms with Crippen LogP contribution < -0.4 is 5.32 Å². The Labute approximate surface area is 145 Å². The van der Waals surface area contributed by atoms with Crippen LogP contribution in [0.2, 0.25) is 0 Å². The number of benzene rings is 1. The van der Waals surface area contributed by atoms with E-state index in [-0.39, 0.29) is 11.3 Å². The molecule has 1 saturated heterocycles. The van der Waals surface area contributed by atoms with Crippen LogP contribution in [0.4, 0.5) is 0 Å². The van der Waals surface area contributed by atoms with Crippen molar-refractivity contribution in [2.75, 3.05) is 19.6 Å². The molecule has 0 saturated carbocycles. The molecule has 0 atom stereocenters. The minimum Gasteiger partial charge on any atom is -0.352 e. The molecule has 1 amide bonds. The predicted octanol–water partition coefficient (Wildman–Crippen LogP) is 3.44. The predicted molar refractivity (Wildman–Crippen MR) is 96.7 cm³/mol. The molecule has 0 aromatic heterocycles. The summed E-state index contributed by atoms with van der Waals surface area (Å²) in [5.74, 6) is 0.273. The van der Waals surface area contributed by atoms with Gasteiger partial charge in [-0.15, -0.1) is 0 Å². The van der Waals surface area contributed by atoms with Crippen molar-refractivity contribution < 1.29 is 4.79 Å². The number of rotatable bonds is 2. The maximum absolute atomic E-state index is 12.8. The second-order valence-electron chi connectivity index (χ2n) is 7.79. The third kappa shape index (κ3) is 3.14. The summed E-state index contributed by atoms with van der Waals surface area (Å²) in [7, 11) is 0. The van der Waals surface area contributed by atoms with E-state index in [0.717, 1.165) is 38.9 Å². The lowest BCUT2D eigenvalue weighted by atomic mass is 9.73. The second kappa shape index (κ2) is 6.72. The smallest absolute Gasteiger partial charge is 0.226 e. The Morgan fingerprint density at radius 3 is 2.62 bits per heavy atom. The lowest BCUT2D eigenvalue weighted by molar-refractivity contribution is -0.133. The third-order valence-electron chi connectivity index (χ3n) is 6.19. The zero-order chi connectivity index (χ0) is 16.4. The van der Waals surface area contributed by atoms with Crippen molar-refractivity contribution in [2.45, 2.75) is 51.5 Å². The Balaban J connectivity index is 1.45. The first-order chi connectivity index (χ1) is 11.8. The molecule has 0 unspecified atom stereocenters. The maximum Gasteiger partial charge on any atom is 0.226 e. The summed E-state index contributed by atoms with van der Waals surface area (Å²) in [5.41, 5.74) is 4.08. The summed E-state index contributed by atoms with van der Waals surface area (Å²) in [6.07, 6.45) is 10.6. The minimum atomic E-state index is -0.190. The first-order valence-electron chi connectivity index (χ1n) is 9.51. The van der Waals surface area contributed by atoms with Crippen molar-refractivity contribution in [3.63, 3.8) is 0 Å². The number of carbonyl (C=O) groups excluding carboxylic acids is 1. The van der Waals surface area contributed by atoms with E-state index in [0.29, 0.717) is 6.54 Å². The molecule has 3 nitrogen and oxygen atoms in total. The van der Waals surface area contributed by atoms with Gasteiger partial charge in [-0.1, -0.05) is 35.9 Å². The Bertz CT molecular complexity index is 641. The van der Waals surface area contributed by atoms with Gasteiger partial charge in [0.25, 0.3) is 0 Å². The fraction of sp³-hybridized carbons (Fsp3) is 0.571. The van der Waals surface area contributed by atoms with Crippen molar-refractivity contribution >= 4 is 5.91 Å². The fourth-order valence-electron chi connectivity index (χ4n) is 4.59. The van der Waals surface area contributed by atoms with E-state index in [4.69, 9.17) is 0 Å². The van der Waals surface area contributed by atoms with Gasteiger partial charge in [-0.25, -0.2) is 0 Å². The van der Waals surface area contributed by atoms with Crippen molar-refractivity contribution in [2.24, 2.45) is 5.41 Å². The highest BCUT2D eigenvalue weighted by molar-refractivity contribution is 5.83. The average molecular weight is 324 g/mol. The lowest BCUT2D eigenvalue weighted by Gasteiger charge is -2.40. The van der Waals surface area contributed by atoms with Crippen LogP contribution in [-0.2, 0) is 17.8 Å². The first kappa shape index (κ1) is 15.9. The quantitative estimate of drug-likeness (QED) is 0.845. The highest BCUT2D eigenvalue weighted by Crippen LogP contribution is 2.38. The van der Waals surface area contributed by atoms with Gasteiger partial charge in [-0.3, -0.25) is 9.69 Å². The summed E-state index contributed by atoms with van der Waals surface area (Å²) in [4.78, 5) is 15.4. The molecule has 1 aromatic carbocycles. The van der Waals surface area contributed by atoms with Gasteiger partial charge < -0.3 is 5.32 Å². The van der Waals surface area contributed by atoms with Gasteiger partial charge in [0.2, 0.25) is 5.91 Å². The van der Waals surface area contributed by atoms with Crippen LogP contribution in [0.1, 0.15) is 49.7 Å². The van der Waals surface area contributed by atoms with Gasteiger partial charge in [0.15, 0.2) is 0 Å². The Kier molecular flexibility index (Phi) is 4.45. The molecule has 3 heteroatoms. The van der Waals surface area contributed by atoms with Crippen LogP contribution in [0.5, 0.6) is 0 Å². The lowest BCUT2D eigenvalue weighted by Crippen LogP contribution is -2.49. The molecule has 4 rings (SSSR count). The van der Waals surface area contributed by atoms with Gasteiger partial charge in [0, 0.05) is 13.1 Å². The number of nitrogens with zero attached hydrogens (tertiary/aromatic N) is 1. The van der Waals surface area contributed by atoms with E-state index < -0.39 is 0 Å². The zero-order valence-electron chi connectivity index (χ0n) is 14.5. The van der Waals surface area contributed by atoms with Crippen LogP contribution in [0.15, 0.2) is 35.9 Å². The maximum atomic E-state index is 12.8. The van der Waals surface area contributed by atoms with E-state index in [1.807, 2.05) is 0 Å². The van der Waals surface area contributed by atoms with E-state index >= 15 is 0 Å². The van der Waals surface area contributed by atoms with Crippen molar-refractivity contribution in [3.05, 3.63) is 47.0 Å². The monoisotopic (exact) mass is 324 g/mol. The molecule has 2 heterocycles. The largest absolute Gasteiger partial charge is 0.352 e. The summed E-state index contributed by atoms with van der Waals surface area (Å²) in [6.45, 7) is 3.90. The molecule has 1 aliphatic carbocycles. The number of allylic oxidation sites excluding steroid dienone is 1. The molecular weight excluding hydrogens is 296 g/mol. The summed E-state index contributed by atoms with van der Waals surface area (Å²) in [5, 5.41) is 3.19. The number of piperidine rings is 1. The number of fused-ring (bicyclic) bond motifs is 1. The molecule has 128 valence electrons. The zero-order valence-corrected chi connectivity index (χ0v) is 14.5. The molecule has 1 aromatic rings. The molecule has 2 aliphatic heterocycles. The number of amides is 1. The normalized spacial score (nSPS) is 24.0. The number of likely N-dealkylation sites (tertiary alicyclic amines) is 1. The van der Waals surface area contributed by atoms with Crippen LogP contribution in [-0.4, -0.2) is 30.4 Å². The number of hydrogen-bond donors (Lipinski definition) is 1. The summed E-state index contributed by atoms with van der Waals surface area (Å²) < 4.78 is 0. The SMILES string of the molecule is O=C1NCc2ccccc2CC12CCN(CC1=CCCCC1)CC2. The highest BCUT2D eigenvalue weighted by atomic mass is 16.2. The van der Waals surface area contributed by atoms with Gasteiger partial charge in [-0.2, -0.15) is 0 Å². The standard InChI is InChI=1S/C21H28N2O/c24-20-21(14-18-8-4-5-9-19(18)15-22-20)10-12-23(13-11-21)16-17-6-2-1-3-7-17/h4-6,8-9H,1-3,7,10-16H2,(H,22,24). The first-order valence-corrected chi connectivity index (χ1v) is 9.51. The molecule has 0 bridgehead atoms. The van der Waals surface area contributed by atoms with Crippen LogP contribution in [0.3, 0.4) is 0 Å². The Hall–Kier alpha value is -1.61. The molecule has 1 N–H and O–H groups in total. The van der Waals surface area contributed by atoms with Crippen molar-refractivity contribution in [3.8, 4) is 0 Å². The summed E-state index contributed by atoms with van der Waals surface area (Å²) >= 11 is 0. The average Bonchev–Trinajstić information content (AvgIpc) is 2.76. The highest BCUT2D eigenvalue weighted by Gasteiger charge is 2.42. The summed E-state index contributed by atoms with van der Waals surface area (Å²) in [6, 6.07) is 8.53. The molecular formula is C21H28N2O. The van der Waals surface area contributed by atoms with Gasteiger partial charge in [0.1, 0.15) is 0 Å². The third-order valence-corrected chi connectivity index (χ3v) is 6.19. The van der Waals surface area contributed by atoms with Gasteiger partial charge >= 0.3 is 0 Å². The minimum absolute atomic E-state index is 0.190.